The number of pyridine rings is 1. The number of likely N-dealkylation sites (tertiary alicyclic amines) is 1. The summed E-state index contributed by atoms with van der Waals surface area (Å²) < 4.78 is 0.464. The Morgan fingerprint density at radius 2 is 2.04 bits per heavy atom. The van der Waals surface area contributed by atoms with Gasteiger partial charge in [0.25, 0.3) is 5.91 Å². The molecule has 2 heterocycles. The number of nitrogens with one attached hydrogen (secondary N) is 2. The Morgan fingerprint density at radius 1 is 1.28 bits per heavy atom. The van der Waals surface area contributed by atoms with E-state index in [-0.39, 0.29) is 5.91 Å². The Kier molecular flexibility index (Phi) is 6.00. The molecule has 1 aliphatic rings. The number of carbonyl (C=O) groups excluding carboxylic acids is 1. The molecule has 0 saturated carbocycles. The first-order chi connectivity index (χ1) is 12.1. The van der Waals surface area contributed by atoms with Crippen molar-refractivity contribution in [3.05, 3.63) is 63.9 Å². The summed E-state index contributed by atoms with van der Waals surface area (Å²) in [5.74, 6) is 0.654. The molecule has 2 aromatic rings. The Morgan fingerprint density at radius 3 is 2.76 bits per heavy atom. The Labute approximate surface area is 154 Å². The van der Waals surface area contributed by atoms with Gasteiger partial charge >= 0.3 is 0 Å². The molecular formula is C20H25N3OS. The molecule has 132 valence electrons. The van der Waals surface area contributed by atoms with Crippen molar-refractivity contribution in [2.45, 2.75) is 32.9 Å². The molecule has 1 atom stereocenters. The number of rotatable bonds is 5. The number of benzene rings is 1. The van der Waals surface area contributed by atoms with E-state index < -0.39 is 0 Å². The van der Waals surface area contributed by atoms with Crippen LogP contribution in [0.1, 0.15) is 41.3 Å². The van der Waals surface area contributed by atoms with Crippen LogP contribution in [0.15, 0.2) is 42.6 Å². The first-order valence-corrected chi connectivity index (χ1v) is 9.29. The first-order valence-electron chi connectivity index (χ1n) is 8.88. The predicted molar refractivity (Wildman–Crippen MR) is 103 cm³/mol. The summed E-state index contributed by atoms with van der Waals surface area (Å²) in [5.41, 5.74) is 2.93. The van der Waals surface area contributed by atoms with Crippen molar-refractivity contribution in [3.63, 3.8) is 0 Å². The van der Waals surface area contributed by atoms with Crippen molar-refractivity contribution in [2.24, 2.45) is 5.92 Å². The van der Waals surface area contributed by atoms with Crippen molar-refractivity contribution < 1.29 is 4.79 Å². The molecule has 0 bridgehead atoms. The zero-order chi connectivity index (χ0) is 17.6. The zero-order valence-electron chi connectivity index (χ0n) is 14.6. The van der Waals surface area contributed by atoms with Crippen LogP contribution in [0.3, 0.4) is 0 Å². The Balaban J connectivity index is 1.53. The van der Waals surface area contributed by atoms with E-state index in [2.05, 4.69) is 46.4 Å². The molecular weight excluding hydrogens is 330 g/mol. The Bertz CT molecular complexity index is 769. The van der Waals surface area contributed by atoms with Gasteiger partial charge in [0, 0.05) is 25.8 Å². The summed E-state index contributed by atoms with van der Waals surface area (Å²) in [4.78, 5) is 17.6. The minimum absolute atomic E-state index is 0.145. The highest BCUT2D eigenvalue weighted by Crippen LogP contribution is 2.18. The van der Waals surface area contributed by atoms with Crippen molar-refractivity contribution in [1.29, 1.82) is 0 Å². The highest BCUT2D eigenvalue weighted by atomic mass is 32.1. The van der Waals surface area contributed by atoms with Crippen molar-refractivity contribution in [1.82, 2.24) is 15.2 Å². The number of piperidine rings is 1. The van der Waals surface area contributed by atoms with Crippen LogP contribution in [0.2, 0.25) is 0 Å². The number of H-pyrrole nitrogens is 1. The van der Waals surface area contributed by atoms with Crippen LogP contribution in [0.4, 0.5) is 0 Å². The molecule has 1 amide bonds. The lowest BCUT2D eigenvalue weighted by Crippen LogP contribution is -2.33. The maximum Gasteiger partial charge on any atom is 0.254 e. The van der Waals surface area contributed by atoms with Crippen molar-refractivity contribution in [3.8, 4) is 0 Å². The zero-order valence-corrected chi connectivity index (χ0v) is 15.4. The third-order valence-electron chi connectivity index (χ3n) is 4.69. The smallest absolute Gasteiger partial charge is 0.254 e. The van der Waals surface area contributed by atoms with Gasteiger partial charge in [-0.25, -0.2) is 0 Å². The van der Waals surface area contributed by atoms with Gasteiger partial charge in [0.2, 0.25) is 0 Å². The number of aromatic nitrogens is 1. The van der Waals surface area contributed by atoms with Gasteiger partial charge in [-0.2, -0.15) is 0 Å². The summed E-state index contributed by atoms with van der Waals surface area (Å²) in [6.07, 6.45) is 4.37. The second kappa shape index (κ2) is 8.41. The van der Waals surface area contributed by atoms with Gasteiger partial charge in [-0.15, -0.1) is 0 Å². The SMILES string of the molecule is CC1CCCN(Cc2ccc(CNC(=O)c3ccc[nH]c3=S)cc2)C1. The van der Waals surface area contributed by atoms with E-state index in [4.69, 9.17) is 12.2 Å². The van der Waals surface area contributed by atoms with Crippen LogP contribution in [0.5, 0.6) is 0 Å². The molecule has 1 unspecified atom stereocenters. The fourth-order valence-electron chi connectivity index (χ4n) is 3.33. The molecule has 1 aromatic carbocycles. The average Bonchev–Trinajstić information content (AvgIpc) is 2.61. The highest BCUT2D eigenvalue weighted by Gasteiger charge is 2.16. The summed E-state index contributed by atoms with van der Waals surface area (Å²) in [5, 5.41) is 2.93. The molecule has 3 rings (SSSR count). The lowest BCUT2D eigenvalue weighted by atomic mass is 9.99. The molecule has 4 nitrogen and oxygen atoms in total. The fraction of sp³-hybridized carbons (Fsp3) is 0.400. The number of carbonyl (C=O) groups is 1. The fourth-order valence-corrected chi connectivity index (χ4v) is 3.56. The molecule has 0 aliphatic carbocycles. The summed E-state index contributed by atoms with van der Waals surface area (Å²) in [6, 6.07) is 12.0. The largest absolute Gasteiger partial charge is 0.352 e. The van der Waals surface area contributed by atoms with Gasteiger partial charge < -0.3 is 10.3 Å². The van der Waals surface area contributed by atoms with Gasteiger partial charge in [0.15, 0.2) is 0 Å². The number of hydrogen-bond donors (Lipinski definition) is 2. The van der Waals surface area contributed by atoms with E-state index in [9.17, 15) is 4.79 Å². The lowest BCUT2D eigenvalue weighted by Gasteiger charge is -2.30. The standard InChI is InChI=1S/C20H25N3OS/c1-15-4-3-11-23(13-15)14-17-8-6-16(7-9-17)12-22-19(24)18-5-2-10-21-20(18)25/h2,5-10,15H,3-4,11-14H2,1H3,(H,21,25)(H,22,24). The second-order valence-electron chi connectivity index (χ2n) is 6.89. The van der Waals surface area contributed by atoms with Crippen LogP contribution < -0.4 is 5.32 Å². The maximum absolute atomic E-state index is 12.2. The van der Waals surface area contributed by atoms with E-state index in [0.29, 0.717) is 16.7 Å². The summed E-state index contributed by atoms with van der Waals surface area (Å²) in [6.45, 7) is 6.23. The van der Waals surface area contributed by atoms with Gasteiger partial charge in [-0.3, -0.25) is 9.69 Å². The summed E-state index contributed by atoms with van der Waals surface area (Å²) in [7, 11) is 0. The average molecular weight is 356 g/mol. The molecule has 0 radical (unpaired) electrons. The van der Waals surface area contributed by atoms with Crippen LogP contribution in [0, 0.1) is 10.6 Å². The topological polar surface area (TPSA) is 48.1 Å². The van der Waals surface area contributed by atoms with E-state index in [1.165, 1.54) is 31.5 Å². The van der Waals surface area contributed by atoms with Crippen molar-refractivity contribution >= 4 is 18.1 Å². The maximum atomic E-state index is 12.2. The molecule has 1 aliphatic heterocycles. The van der Waals surface area contributed by atoms with Crippen LogP contribution >= 0.6 is 12.2 Å². The Hall–Kier alpha value is -1.98. The third kappa shape index (κ3) is 5.00. The van der Waals surface area contributed by atoms with Gasteiger partial charge in [-0.1, -0.05) is 43.4 Å². The second-order valence-corrected chi connectivity index (χ2v) is 7.30. The molecule has 5 heteroatoms. The van der Waals surface area contributed by atoms with E-state index in [1.807, 2.05) is 0 Å². The monoisotopic (exact) mass is 355 g/mol. The van der Waals surface area contributed by atoms with Crippen LogP contribution in [0.25, 0.3) is 0 Å². The van der Waals surface area contributed by atoms with Crippen LogP contribution in [-0.4, -0.2) is 28.9 Å². The number of amides is 1. The number of hydrogen-bond acceptors (Lipinski definition) is 3. The van der Waals surface area contributed by atoms with E-state index >= 15 is 0 Å². The predicted octanol–water partition coefficient (Wildman–Crippen LogP) is 3.91. The quantitative estimate of drug-likeness (QED) is 0.800. The minimum atomic E-state index is -0.145. The van der Waals surface area contributed by atoms with Crippen molar-refractivity contribution in [2.75, 3.05) is 13.1 Å². The third-order valence-corrected chi connectivity index (χ3v) is 5.02. The molecule has 1 fully saturated rings. The van der Waals surface area contributed by atoms with Gasteiger partial charge in [0.1, 0.15) is 4.64 Å². The molecule has 1 saturated heterocycles. The van der Waals surface area contributed by atoms with Crippen LogP contribution in [-0.2, 0) is 13.1 Å². The first kappa shape index (κ1) is 17.8. The lowest BCUT2D eigenvalue weighted by molar-refractivity contribution is 0.0950. The van der Waals surface area contributed by atoms with E-state index in [0.717, 1.165) is 18.0 Å². The van der Waals surface area contributed by atoms with Gasteiger partial charge in [0.05, 0.1) is 5.56 Å². The minimum Gasteiger partial charge on any atom is -0.352 e. The van der Waals surface area contributed by atoms with E-state index in [1.54, 1.807) is 18.3 Å². The molecule has 0 spiro atoms. The molecule has 25 heavy (non-hydrogen) atoms. The number of aromatic amines is 1. The number of nitrogens with zero attached hydrogens (tertiary/aromatic N) is 1. The normalized spacial score (nSPS) is 18.0. The van der Waals surface area contributed by atoms with Gasteiger partial charge in [-0.05, 0) is 48.6 Å². The highest BCUT2D eigenvalue weighted by molar-refractivity contribution is 7.71. The molecule has 2 N–H and O–H groups in total. The molecule has 1 aromatic heterocycles. The summed E-state index contributed by atoms with van der Waals surface area (Å²) >= 11 is 5.14.